The average Bonchev–Trinajstić information content (AvgIpc) is 2.55. The second kappa shape index (κ2) is 6.94. The van der Waals surface area contributed by atoms with Crippen LogP contribution in [0, 0.1) is 0 Å². The summed E-state index contributed by atoms with van der Waals surface area (Å²) in [6.45, 7) is 3.39. The molecule has 0 atom stereocenters. The van der Waals surface area contributed by atoms with Gasteiger partial charge in [-0.15, -0.1) is 0 Å². The molecule has 128 valence electrons. The predicted octanol–water partition coefficient (Wildman–Crippen LogP) is 3.47. The Labute approximate surface area is 142 Å². The number of nitrogens with zero attached hydrogens (tertiary/aromatic N) is 4. The van der Waals surface area contributed by atoms with Crippen LogP contribution < -0.4 is 4.90 Å². The van der Waals surface area contributed by atoms with Crippen LogP contribution in [0.25, 0.3) is 0 Å². The zero-order valence-corrected chi connectivity index (χ0v) is 13.6. The van der Waals surface area contributed by atoms with Gasteiger partial charge in [0.05, 0.1) is 0 Å². The second-order valence-electron chi connectivity index (χ2n) is 5.63. The van der Waals surface area contributed by atoms with Crippen LogP contribution in [0.4, 0.5) is 19.1 Å². The summed E-state index contributed by atoms with van der Waals surface area (Å²) in [6.07, 6.45) is -3.30. The molecule has 2 heterocycles. The third kappa shape index (κ3) is 4.15. The lowest BCUT2D eigenvalue weighted by Crippen LogP contribution is -2.46. The van der Waals surface area contributed by atoms with Crippen molar-refractivity contribution in [2.24, 2.45) is 0 Å². The SMILES string of the molecule is FC(F)(F)c1ccnc(N2CCN(Cc3cccc(Cl)c3)CC2)n1. The first-order chi connectivity index (χ1) is 11.4. The number of halogens is 4. The van der Waals surface area contributed by atoms with Crippen LogP contribution >= 0.6 is 11.6 Å². The van der Waals surface area contributed by atoms with Crippen LogP contribution in [0.3, 0.4) is 0 Å². The largest absolute Gasteiger partial charge is 0.433 e. The smallest absolute Gasteiger partial charge is 0.338 e. The van der Waals surface area contributed by atoms with Gasteiger partial charge < -0.3 is 4.90 Å². The quantitative estimate of drug-likeness (QED) is 0.843. The molecule has 0 spiro atoms. The number of anilines is 1. The minimum Gasteiger partial charge on any atom is -0.338 e. The van der Waals surface area contributed by atoms with Gasteiger partial charge in [0.1, 0.15) is 5.69 Å². The molecule has 3 rings (SSSR count). The number of benzene rings is 1. The van der Waals surface area contributed by atoms with E-state index in [0.717, 1.165) is 37.5 Å². The number of hydrogen-bond acceptors (Lipinski definition) is 4. The lowest BCUT2D eigenvalue weighted by Gasteiger charge is -2.34. The molecule has 1 saturated heterocycles. The maximum atomic E-state index is 12.7. The molecule has 1 fully saturated rings. The van der Waals surface area contributed by atoms with Gasteiger partial charge in [0.25, 0.3) is 0 Å². The minimum absolute atomic E-state index is 0.132. The lowest BCUT2D eigenvalue weighted by molar-refractivity contribution is -0.141. The Balaban J connectivity index is 1.61. The van der Waals surface area contributed by atoms with Gasteiger partial charge in [0.2, 0.25) is 5.95 Å². The molecule has 2 aromatic rings. The van der Waals surface area contributed by atoms with Crippen LogP contribution in [0.15, 0.2) is 36.5 Å². The fourth-order valence-corrected chi connectivity index (χ4v) is 2.87. The summed E-state index contributed by atoms with van der Waals surface area (Å²) in [5.74, 6) is 0.132. The van der Waals surface area contributed by atoms with E-state index in [-0.39, 0.29) is 5.95 Å². The summed E-state index contributed by atoms with van der Waals surface area (Å²) < 4.78 is 38.2. The minimum atomic E-state index is -4.45. The van der Waals surface area contributed by atoms with Gasteiger partial charge in [0, 0.05) is 43.9 Å². The topological polar surface area (TPSA) is 32.3 Å². The predicted molar refractivity (Wildman–Crippen MR) is 86.0 cm³/mol. The molecule has 0 aliphatic carbocycles. The van der Waals surface area contributed by atoms with E-state index in [0.29, 0.717) is 18.1 Å². The van der Waals surface area contributed by atoms with Crippen molar-refractivity contribution in [2.75, 3.05) is 31.1 Å². The molecular weight excluding hydrogens is 341 g/mol. The number of piperazine rings is 1. The summed E-state index contributed by atoms with van der Waals surface area (Å²) in [7, 11) is 0. The maximum absolute atomic E-state index is 12.7. The van der Waals surface area contributed by atoms with E-state index in [4.69, 9.17) is 11.6 Å². The third-order valence-electron chi connectivity index (χ3n) is 3.88. The van der Waals surface area contributed by atoms with E-state index in [2.05, 4.69) is 14.9 Å². The molecular formula is C16H16ClF3N4. The Morgan fingerprint density at radius 3 is 2.50 bits per heavy atom. The van der Waals surface area contributed by atoms with Crippen molar-refractivity contribution in [3.05, 3.63) is 52.8 Å². The van der Waals surface area contributed by atoms with Gasteiger partial charge >= 0.3 is 6.18 Å². The van der Waals surface area contributed by atoms with Crippen molar-refractivity contribution < 1.29 is 13.2 Å². The summed E-state index contributed by atoms with van der Waals surface area (Å²) in [4.78, 5) is 11.6. The standard InChI is InChI=1S/C16H16ClF3N4/c17-13-3-1-2-12(10-13)11-23-6-8-24(9-7-23)15-21-5-4-14(22-15)16(18,19)20/h1-5,10H,6-9,11H2. The van der Waals surface area contributed by atoms with Gasteiger partial charge in [-0.2, -0.15) is 13.2 Å². The van der Waals surface area contributed by atoms with Gasteiger partial charge in [-0.05, 0) is 23.8 Å². The summed E-state index contributed by atoms with van der Waals surface area (Å²) >= 11 is 5.98. The van der Waals surface area contributed by atoms with Crippen molar-refractivity contribution >= 4 is 17.5 Å². The molecule has 0 N–H and O–H groups in total. The molecule has 0 saturated carbocycles. The highest BCUT2D eigenvalue weighted by atomic mass is 35.5. The average molecular weight is 357 g/mol. The van der Waals surface area contributed by atoms with Crippen molar-refractivity contribution in [3.8, 4) is 0 Å². The molecule has 0 radical (unpaired) electrons. The number of alkyl halides is 3. The molecule has 1 aliphatic rings. The van der Waals surface area contributed by atoms with Crippen molar-refractivity contribution in [2.45, 2.75) is 12.7 Å². The highest BCUT2D eigenvalue weighted by molar-refractivity contribution is 6.30. The highest BCUT2D eigenvalue weighted by Crippen LogP contribution is 2.28. The Morgan fingerprint density at radius 2 is 1.83 bits per heavy atom. The van der Waals surface area contributed by atoms with E-state index in [1.54, 1.807) is 4.90 Å². The first-order valence-corrected chi connectivity index (χ1v) is 7.91. The fourth-order valence-electron chi connectivity index (χ4n) is 2.66. The molecule has 1 aromatic heterocycles. The summed E-state index contributed by atoms with van der Waals surface area (Å²) in [5, 5.41) is 0.698. The van der Waals surface area contributed by atoms with Gasteiger partial charge in [0.15, 0.2) is 0 Å². The Bertz CT molecular complexity index is 700. The first-order valence-electron chi connectivity index (χ1n) is 7.54. The molecule has 0 bridgehead atoms. The monoisotopic (exact) mass is 356 g/mol. The molecule has 4 nitrogen and oxygen atoms in total. The van der Waals surface area contributed by atoms with Crippen LogP contribution in [0.1, 0.15) is 11.3 Å². The lowest BCUT2D eigenvalue weighted by atomic mass is 10.2. The van der Waals surface area contributed by atoms with Crippen LogP contribution in [-0.2, 0) is 12.7 Å². The maximum Gasteiger partial charge on any atom is 0.433 e. The van der Waals surface area contributed by atoms with Crippen molar-refractivity contribution in [3.63, 3.8) is 0 Å². The van der Waals surface area contributed by atoms with E-state index in [9.17, 15) is 13.2 Å². The van der Waals surface area contributed by atoms with Gasteiger partial charge in [-0.3, -0.25) is 4.90 Å². The van der Waals surface area contributed by atoms with E-state index >= 15 is 0 Å². The van der Waals surface area contributed by atoms with Crippen molar-refractivity contribution in [1.82, 2.24) is 14.9 Å². The van der Waals surface area contributed by atoms with E-state index in [1.807, 2.05) is 24.3 Å². The molecule has 1 aliphatic heterocycles. The fraction of sp³-hybridized carbons (Fsp3) is 0.375. The summed E-state index contributed by atoms with van der Waals surface area (Å²) in [5.41, 5.74) is 0.208. The number of hydrogen-bond donors (Lipinski definition) is 0. The summed E-state index contributed by atoms with van der Waals surface area (Å²) in [6, 6.07) is 8.55. The zero-order valence-electron chi connectivity index (χ0n) is 12.8. The molecule has 8 heteroatoms. The highest BCUT2D eigenvalue weighted by Gasteiger charge is 2.33. The normalized spacial score (nSPS) is 16.4. The molecule has 1 aromatic carbocycles. The van der Waals surface area contributed by atoms with Crippen LogP contribution in [0.5, 0.6) is 0 Å². The zero-order chi connectivity index (χ0) is 17.2. The Kier molecular flexibility index (Phi) is 4.91. The van der Waals surface area contributed by atoms with Gasteiger partial charge in [-0.1, -0.05) is 23.7 Å². The molecule has 24 heavy (non-hydrogen) atoms. The van der Waals surface area contributed by atoms with Gasteiger partial charge in [-0.25, -0.2) is 9.97 Å². The van der Waals surface area contributed by atoms with Crippen LogP contribution in [-0.4, -0.2) is 41.0 Å². The number of rotatable bonds is 3. The first kappa shape index (κ1) is 17.0. The third-order valence-corrected chi connectivity index (χ3v) is 4.12. The van der Waals surface area contributed by atoms with Crippen LogP contribution in [0.2, 0.25) is 5.02 Å². The van der Waals surface area contributed by atoms with E-state index < -0.39 is 11.9 Å². The Morgan fingerprint density at radius 1 is 1.08 bits per heavy atom. The molecule has 0 amide bonds. The second-order valence-corrected chi connectivity index (χ2v) is 6.07. The Hall–Kier alpha value is -1.86. The van der Waals surface area contributed by atoms with Crippen molar-refractivity contribution in [1.29, 1.82) is 0 Å². The number of aromatic nitrogens is 2. The van der Waals surface area contributed by atoms with E-state index in [1.165, 1.54) is 0 Å². The molecule has 0 unspecified atom stereocenters.